The number of amides is 2. The number of hydrogen-bond acceptors (Lipinski definition) is 5. The first-order valence-corrected chi connectivity index (χ1v) is 5.78. The third-order valence-electron chi connectivity index (χ3n) is 2.04. The highest BCUT2D eigenvalue weighted by Crippen LogP contribution is 2.15. The van der Waals surface area contributed by atoms with E-state index in [1.807, 2.05) is 0 Å². The minimum absolute atomic E-state index is 0.129. The third kappa shape index (κ3) is 4.62. The number of ether oxygens (including phenoxy) is 1. The molecule has 0 saturated carbocycles. The summed E-state index contributed by atoms with van der Waals surface area (Å²) in [4.78, 5) is 25.2. The minimum atomic E-state index is -0.855. The predicted octanol–water partition coefficient (Wildman–Crippen LogP) is 2.71. The van der Waals surface area contributed by atoms with Crippen LogP contribution in [0.3, 0.4) is 0 Å². The number of nitrogens with one attached hydrogen (secondary N) is 1. The summed E-state index contributed by atoms with van der Waals surface area (Å²) in [6.45, 7) is 6.85. The van der Waals surface area contributed by atoms with Gasteiger partial charge in [-0.15, -0.1) is 0 Å². The smallest absolute Gasteiger partial charge is 0.408 e. The van der Waals surface area contributed by atoms with Gasteiger partial charge in [0.15, 0.2) is 11.5 Å². The van der Waals surface area contributed by atoms with E-state index < -0.39 is 23.6 Å². The van der Waals surface area contributed by atoms with Crippen LogP contribution >= 0.6 is 0 Å². The van der Waals surface area contributed by atoms with Gasteiger partial charge in [0.25, 0.3) is 5.91 Å². The van der Waals surface area contributed by atoms with Gasteiger partial charge in [0, 0.05) is 11.0 Å². The predicted molar refractivity (Wildman–Crippen MR) is 67.8 cm³/mol. The van der Waals surface area contributed by atoms with Crippen LogP contribution in [-0.4, -0.2) is 22.8 Å². The molecule has 0 unspecified atom stereocenters. The van der Waals surface area contributed by atoms with Crippen LogP contribution in [0.15, 0.2) is 15.7 Å². The van der Waals surface area contributed by atoms with Gasteiger partial charge in [0.05, 0.1) is 6.04 Å². The largest absolute Gasteiger partial charge is 0.444 e. The van der Waals surface area contributed by atoms with Crippen LogP contribution in [0.1, 0.15) is 50.0 Å². The molecule has 0 aliphatic rings. The van der Waals surface area contributed by atoms with Crippen molar-refractivity contribution < 1.29 is 18.8 Å². The molecule has 1 aromatic rings. The Labute approximate surface area is 114 Å². The monoisotopic (exact) mass is 281 g/mol. The lowest BCUT2D eigenvalue weighted by molar-refractivity contribution is 0.0500. The summed E-state index contributed by atoms with van der Waals surface area (Å²) in [7, 11) is 0. The number of carbonyl (C=O) groups is 2. The van der Waals surface area contributed by atoms with Gasteiger partial charge in [-0.1, -0.05) is 5.16 Å². The molecule has 1 rings (SSSR count). The Kier molecular flexibility index (Phi) is 4.71. The van der Waals surface area contributed by atoms with E-state index in [9.17, 15) is 9.59 Å². The van der Waals surface area contributed by atoms with Gasteiger partial charge in [-0.2, -0.15) is 0 Å². The van der Waals surface area contributed by atoms with Crippen molar-refractivity contribution in [3.05, 3.63) is 28.0 Å². The maximum absolute atomic E-state index is 11.6. The van der Waals surface area contributed by atoms with Crippen LogP contribution in [0.25, 0.3) is 10.4 Å². The summed E-state index contributed by atoms with van der Waals surface area (Å²) in [5.41, 5.74) is 7.40. The van der Waals surface area contributed by atoms with Crippen LogP contribution in [0.5, 0.6) is 0 Å². The van der Waals surface area contributed by atoms with E-state index in [1.54, 1.807) is 27.7 Å². The average molecular weight is 281 g/mol. The Morgan fingerprint density at radius 1 is 1.55 bits per heavy atom. The Hall–Kier alpha value is -2.54. The zero-order valence-corrected chi connectivity index (χ0v) is 11.6. The highest BCUT2D eigenvalue weighted by Gasteiger charge is 2.21. The van der Waals surface area contributed by atoms with Crippen molar-refractivity contribution in [2.75, 3.05) is 0 Å². The molecule has 9 nitrogen and oxygen atoms in total. The molecule has 0 saturated heterocycles. The van der Waals surface area contributed by atoms with Gasteiger partial charge in [0.2, 0.25) is 0 Å². The van der Waals surface area contributed by atoms with Crippen LogP contribution in [0.2, 0.25) is 0 Å². The van der Waals surface area contributed by atoms with Crippen LogP contribution < -0.4 is 5.32 Å². The number of carbonyl (C=O) groups excluding carboxylic acids is 2. The van der Waals surface area contributed by atoms with Crippen LogP contribution in [0.4, 0.5) is 4.79 Å². The van der Waals surface area contributed by atoms with Crippen molar-refractivity contribution in [3.63, 3.8) is 0 Å². The normalized spacial score (nSPS) is 12.2. The molecule has 0 aromatic carbocycles. The van der Waals surface area contributed by atoms with Crippen molar-refractivity contribution >= 4 is 12.0 Å². The summed E-state index contributed by atoms with van der Waals surface area (Å²) in [5.74, 6) is -0.612. The molecule has 1 N–H and O–H groups in total. The lowest BCUT2D eigenvalue weighted by Gasteiger charge is -2.21. The van der Waals surface area contributed by atoms with E-state index >= 15 is 0 Å². The lowest BCUT2D eigenvalue weighted by atomic mass is 10.2. The second-order valence-electron chi connectivity index (χ2n) is 4.98. The van der Waals surface area contributed by atoms with Crippen molar-refractivity contribution in [2.24, 2.45) is 5.11 Å². The zero-order chi connectivity index (χ0) is 15.3. The summed E-state index contributed by atoms with van der Waals surface area (Å²) in [6, 6.07) is 0.740. The average Bonchev–Trinajstić information content (AvgIpc) is 2.75. The van der Waals surface area contributed by atoms with Crippen molar-refractivity contribution in [1.29, 1.82) is 0 Å². The van der Waals surface area contributed by atoms with Crippen molar-refractivity contribution in [3.8, 4) is 0 Å². The lowest BCUT2D eigenvalue weighted by Crippen LogP contribution is -2.33. The molecular weight excluding hydrogens is 266 g/mol. The number of rotatable bonds is 3. The molecule has 20 heavy (non-hydrogen) atoms. The fourth-order valence-electron chi connectivity index (χ4n) is 1.24. The quantitative estimate of drug-likeness (QED) is 0.517. The first-order valence-electron chi connectivity index (χ1n) is 5.78. The number of hydrogen-bond donors (Lipinski definition) is 1. The van der Waals surface area contributed by atoms with Crippen molar-refractivity contribution in [1.82, 2.24) is 10.5 Å². The molecule has 108 valence electrons. The topological polar surface area (TPSA) is 130 Å². The molecule has 1 heterocycles. The summed E-state index contributed by atoms with van der Waals surface area (Å²) >= 11 is 0. The van der Waals surface area contributed by atoms with E-state index in [1.165, 1.54) is 6.07 Å². The van der Waals surface area contributed by atoms with Gasteiger partial charge < -0.3 is 14.6 Å². The van der Waals surface area contributed by atoms with Gasteiger partial charge >= 0.3 is 6.09 Å². The molecule has 0 bridgehead atoms. The standard InChI is InChI=1S/C11H15N5O4/c1-6(13-10(18)19-11(2,3)4)8-5-7(15-20-8)9(17)14-16-12/h5-6H,1-4H3,(H,13,18)/t6-/m1/s1. The first kappa shape index (κ1) is 15.5. The number of nitrogens with zero attached hydrogens (tertiary/aromatic N) is 4. The molecule has 1 atom stereocenters. The Bertz CT molecular complexity index is 553. The molecular formula is C11H15N5O4. The molecule has 1 aromatic heterocycles. The maximum Gasteiger partial charge on any atom is 0.408 e. The highest BCUT2D eigenvalue weighted by molar-refractivity contribution is 5.92. The number of alkyl carbamates (subject to hydrolysis) is 1. The highest BCUT2D eigenvalue weighted by atomic mass is 16.6. The Morgan fingerprint density at radius 3 is 2.75 bits per heavy atom. The minimum Gasteiger partial charge on any atom is -0.444 e. The van der Waals surface area contributed by atoms with E-state index in [0.29, 0.717) is 0 Å². The van der Waals surface area contributed by atoms with Crippen LogP contribution in [0, 0.1) is 0 Å². The molecule has 0 spiro atoms. The Morgan fingerprint density at radius 2 is 2.20 bits per heavy atom. The van der Waals surface area contributed by atoms with E-state index in [2.05, 4.69) is 20.5 Å². The third-order valence-corrected chi connectivity index (χ3v) is 2.04. The summed E-state index contributed by atoms with van der Waals surface area (Å²) in [5, 5.41) is 8.87. The zero-order valence-electron chi connectivity index (χ0n) is 11.6. The fourth-order valence-corrected chi connectivity index (χ4v) is 1.24. The van der Waals surface area contributed by atoms with Gasteiger partial charge in [-0.25, -0.2) is 4.79 Å². The van der Waals surface area contributed by atoms with Gasteiger partial charge in [0.1, 0.15) is 5.60 Å². The second kappa shape index (κ2) is 6.07. The number of azide groups is 1. The van der Waals surface area contributed by atoms with Gasteiger partial charge in [-0.3, -0.25) is 4.79 Å². The first-order chi connectivity index (χ1) is 9.23. The SMILES string of the molecule is C[C@@H](NC(=O)OC(C)(C)C)c1cc(C(=O)N=[N+]=[N-])no1. The summed E-state index contributed by atoms with van der Waals surface area (Å²) < 4.78 is 9.98. The molecule has 9 heteroatoms. The number of aromatic nitrogens is 1. The molecule has 0 aliphatic carbocycles. The maximum atomic E-state index is 11.6. The summed E-state index contributed by atoms with van der Waals surface area (Å²) in [6.07, 6.45) is -0.621. The molecule has 0 radical (unpaired) electrons. The molecule has 2 amide bonds. The molecule has 0 aliphatic heterocycles. The van der Waals surface area contributed by atoms with Gasteiger partial charge in [-0.05, 0) is 38.3 Å². The fraction of sp³-hybridized carbons (Fsp3) is 0.545. The molecule has 0 fully saturated rings. The Balaban J connectivity index is 2.69. The van der Waals surface area contributed by atoms with E-state index in [0.717, 1.165) is 0 Å². The van der Waals surface area contributed by atoms with E-state index in [-0.39, 0.29) is 11.5 Å². The van der Waals surface area contributed by atoms with Crippen LogP contribution in [-0.2, 0) is 4.74 Å². The second-order valence-corrected chi connectivity index (χ2v) is 4.98. The van der Waals surface area contributed by atoms with Crippen molar-refractivity contribution in [2.45, 2.75) is 39.3 Å². The van der Waals surface area contributed by atoms with E-state index in [4.69, 9.17) is 14.8 Å².